The molecular formula is C20H20BrN3O3. The molecule has 1 N–H and O–H groups in total. The van der Waals surface area contributed by atoms with Crippen LogP contribution in [0.5, 0.6) is 11.5 Å². The van der Waals surface area contributed by atoms with Crippen LogP contribution < -0.4 is 14.8 Å². The second kappa shape index (κ2) is 8.26. The molecule has 7 heteroatoms. The minimum absolute atomic E-state index is 0.260. The summed E-state index contributed by atoms with van der Waals surface area (Å²) in [6.45, 7) is 2.43. The molecular weight excluding hydrogens is 410 g/mol. The predicted molar refractivity (Wildman–Crippen MR) is 108 cm³/mol. The summed E-state index contributed by atoms with van der Waals surface area (Å²) in [5, 5.41) is 7.20. The lowest BCUT2D eigenvalue weighted by atomic mass is 10.1. The smallest absolute Gasteiger partial charge is 0.257 e. The minimum Gasteiger partial charge on any atom is -0.496 e. The molecule has 2 aromatic carbocycles. The molecule has 0 unspecified atom stereocenters. The number of halogens is 1. The zero-order valence-corrected chi connectivity index (χ0v) is 16.9. The maximum absolute atomic E-state index is 12.7. The highest BCUT2D eigenvalue weighted by Gasteiger charge is 2.15. The van der Waals surface area contributed by atoms with Crippen LogP contribution in [0.15, 0.2) is 53.1 Å². The molecule has 3 aromatic rings. The molecule has 0 atom stereocenters. The van der Waals surface area contributed by atoms with Gasteiger partial charge < -0.3 is 14.8 Å². The summed E-state index contributed by atoms with van der Waals surface area (Å²) in [6, 6.07) is 13.1. The Balaban J connectivity index is 1.81. The number of aromatic nitrogens is 2. The third kappa shape index (κ3) is 4.31. The van der Waals surface area contributed by atoms with Crippen molar-refractivity contribution in [3.63, 3.8) is 0 Å². The molecule has 0 saturated heterocycles. The van der Waals surface area contributed by atoms with Crippen LogP contribution in [0, 0.1) is 6.92 Å². The zero-order valence-electron chi connectivity index (χ0n) is 15.3. The van der Waals surface area contributed by atoms with Gasteiger partial charge in [0.05, 0.1) is 27.0 Å². The van der Waals surface area contributed by atoms with E-state index < -0.39 is 0 Å². The number of ether oxygens (including phenoxy) is 2. The minimum atomic E-state index is -0.260. The Bertz CT molecular complexity index is 926. The van der Waals surface area contributed by atoms with Gasteiger partial charge in [0.25, 0.3) is 5.91 Å². The van der Waals surface area contributed by atoms with E-state index in [0.29, 0.717) is 29.4 Å². The molecule has 3 rings (SSSR count). The lowest BCUT2D eigenvalue weighted by Gasteiger charge is -2.13. The van der Waals surface area contributed by atoms with E-state index in [-0.39, 0.29) is 5.91 Å². The zero-order chi connectivity index (χ0) is 19.4. The second-order valence-corrected chi connectivity index (χ2v) is 6.88. The quantitative estimate of drug-likeness (QED) is 0.635. The van der Waals surface area contributed by atoms with Crippen LogP contribution in [0.4, 0.5) is 5.82 Å². The van der Waals surface area contributed by atoms with Crippen LogP contribution >= 0.6 is 15.9 Å². The molecule has 6 nitrogen and oxygen atoms in total. The van der Waals surface area contributed by atoms with Crippen LogP contribution in [0.25, 0.3) is 0 Å². The van der Waals surface area contributed by atoms with Gasteiger partial charge in [-0.05, 0) is 36.8 Å². The van der Waals surface area contributed by atoms with Crippen LogP contribution in [-0.2, 0) is 6.54 Å². The molecule has 0 aliphatic carbocycles. The van der Waals surface area contributed by atoms with Crippen LogP contribution in [0.2, 0.25) is 0 Å². The van der Waals surface area contributed by atoms with Gasteiger partial charge in [0.1, 0.15) is 17.3 Å². The number of benzene rings is 2. The second-order valence-electron chi connectivity index (χ2n) is 5.96. The highest BCUT2D eigenvalue weighted by Crippen LogP contribution is 2.29. The average Bonchev–Trinajstić information content (AvgIpc) is 3.10. The summed E-state index contributed by atoms with van der Waals surface area (Å²) in [7, 11) is 3.13. The molecule has 1 heterocycles. The maximum Gasteiger partial charge on any atom is 0.257 e. The van der Waals surface area contributed by atoms with Crippen molar-refractivity contribution in [2.45, 2.75) is 13.5 Å². The summed E-state index contributed by atoms with van der Waals surface area (Å²) in [6.07, 6.45) is 1.66. The first-order chi connectivity index (χ1) is 13.0. The number of methoxy groups -OCH3 is 2. The van der Waals surface area contributed by atoms with Crippen molar-refractivity contribution < 1.29 is 14.3 Å². The lowest BCUT2D eigenvalue weighted by Crippen LogP contribution is -2.16. The fourth-order valence-corrected chi connectivity index (χ4v) is 3.00. The average molecular weight is 430 g/mol. The molecule has 0 fully saturated rings. The Morgan fingerprint density at radius 1 is 1.11 bits per heavy atom. The van der Waals surface area contributed by atoms with Gasteiger partial charge in [0.2, 0.25) is 0 Å². The van der Waals surface area contributed by atoms with E-state index in [0.717, 1.165) is 15.6 Å². The number of anilines is 1. The van der Waals surface area contributed by atoms with Gasteiger partial charge in [-0.25, -0.2) is 4.68 Å². The van der Waals surface area contributed by atoms with Crippen molar-refractivity contribution in [2.24, 2.45) is 0 Å². The standard InChI is InChI=1S/C20H20BrN3O3/c1-13-17(26-2)10-15(11-18(13)27-3)20(25)23-19-8-9-22-24(19)12-14-4-6-16(21)7-5-14/h4-11H,12H2,1-3H3,(H,23,25). The molecule has 0 radical (unpaired) electrons. The maximum atomic E-state index is 12.7. The first-order valence-electron chi connectivity index (χ1n) is 8.32. The van der Waals surface area contributed by atoms with Crippen LogP contribution in [0.1, 0.15) is 21.5 Å². The number of nitrogens with one attached hydrogen (secondary N) is 1. The van der Waals surface area contributed by atoms with E-state index in [9.17, 15) is 4.79 Å². The molecule has 1 amide bonds. The highest BCUT2D eigenvalue weighted by atomic mass is 79.9. The van der Waals surface area contributed by atoms with E-state index in [1.807, 2.05) is 31.2 Å². The Kier molecular flexibility index (Phi) is 5.81. The van der Waals surface area contributed by atoms with Crippen molar-refractivity contribution >= 4 is 27.7 Å². The monoisotopic (exact) mass is 429 g/mol. The van der Waals surface area contributed by atoms with Gasteiger partial charge in [0, 0.05) is 21.7 Å². The fraction of sp³-hybridized carbons (Fsp3) is 0.200. The molecule has 0 aliphatic rings. The lowest BCUT2D eigenvalue weighted by molar-refractivity contribution is 0.102. The number of hydrogen-bond acceptors (Lipinski definition) is 4. The van der Waals surface area contributed by atoms with Crippen LogP contribution in [0.3, 0.4) is 0 Å². The number of rotatable bonds is 6. The van der Waals surface area contributed by atoms with Crippen molar-refractivity contribution in [3.8, 4) is 11.5 Å². The summed E-state index contributed by atoms with van der Waals surface area (Å²) < 4.78 is 13.4. The number of nitrogens with zero attached hydrogens (tertiary/aromatic N) is 2. The molecule has 0 aliphatic heterocycles. The summed E-state index contributed by atoms with van der Waals surface area (Å²) in [4.78, 5) is 12.7. The number of carbonyl (C=O) groups excluding carboxylic acids is 1. The van der Waals surface area contributed by atoms with Crippen molar-refractivity contribution in [3.05, 3.63) is 69.8 Å². The first-order valence-corrected chi connectivity index (χ1v) is 9.11. The number of amides is 1. The largest absolute Gasteiger partial charge is 0.496 e. The van der Waals surface area contributed by atoms with Crippen molar-refractivity contribution in [1.29, 1.82) is 0 Å². The molecule has 27 heavy (non-hydrogen) atoms. The van der Waals surface area contributed by atoms with Gasteiger partial charge in [-0.3, -0.25) is 4.79 Å². The van der Waals surface area contributed by atoms with Gasteiger partial charge in [-0.15, -0.1) is 0 Å². The fourth-order valence-electron chi connectivity index (χ4n) is 2.73. The number of hydrogen-bond donors (Lipinski definition) is 1. The van der Waals surface area contributed by atoms with Gasteiger partial charge in [0.15, 0.2) is 0 Å². The summed E-state index contributed by atoms with van der Waals surface area (Å²) in [5.41, 5.74) is 2.37. The predicted octanol–water partition coefficient (Wildman–Crippen LogP) is 4.27. The van der Waals surface area contributed by atoms with E-state index in [4.69, 9.17) is 9.47 Å². The topological polar surface area (TPSA) is 65.4 Å². The van der Waals surface area contributed by atoms with Crippen molar-refractivity contribution in [1.82, 2.24) is 9.78 Å². The molecule has 0 saturated carbocycles. The highest BCUT2D eigenvalue weighted by molar-refractivity contribution is 9.10. The normalized spacial score (nSPS) is 10.5. The van der Waals surface area contributed by atoms with E-state index >= 15 is 0 Å². The third-order valence-corrected chi connectivity index (χ3v) is 4.75. The van der Waals surface area contributed by atoms with Gasteiger partial charge >= 0.3 is 0 Å². The molecule has 140 valence electrons. The molecule has 0 bridgehead atoms. The number of carbonyl (C=O) groups is 1. The Hall–Kier alpha value is -2.80. The van der Waals surface area contributed by atoms with E-state index in [2.05, 4.69) is 26.3 Å². The van der Waals surface area contributed by atoms with Gasteiger partial charge in [-0.2, -0.15) is 5.10 Å². The van der Waals surface area contributed by atoms with Crippen LogP contribution in [-0.4, -0.2) is 29.9 Å². The summed E-state index contributed by atoms with van der Waals surface area (Å²) >= 11 is 3.43. The van der Waals surface area contributed by atoms with E-state index in [1.165, 1.54) is 0 Å². The van der Waals surface area contributed by atoms with Crippen molar-refractivity contribution in [2.75, 3.05) is 19.5 Å². The summed E-state index contributed by atoms with van der Waals surface area (Å²) in [5.74, 6) is 1.55. The Labute approximate surface area is 166 Å². The Morgan fingerprint density at radius 2 is 1.74 bits per heavy atom. The molecule has 1 aromatic heterocycles. The molecule has 0 spiro atoms. The Morgan fingerprint density at radius 3 is 2.33 bits per heavy atom. The third-order valence-electron chi connectivity index (χ3n) is 4.22. The van der Waals surface area contributed by atoms with Gasteiger partial charge in [-0.1, -0.05) is 28.1 Å². The SMILES string of the molecule is COc1cc(C(=O)Nc2ccnn2Cc2ccc(Br)cc2)cc(OC)c1C. The first kappa shape index (κ1) is 19.0. The van der Waals surface area contributed by atoms with E-state index in [1.54, 1.807) is 43.3 Å².